The van der Waals surface area contributed by atoms with Crippen LogP contribution in [0.25, 0.3) is 11.1 Å². The third-order valence-corrected chi connectivity index (χ3v) is 5.50. The number of carbonyl (C=O) groups excluding carboxylic acids is 1. The molecule has 1 amide bonds. The van der Waals surface area contributed by atoms with E-state index in [1.54, 1.807) is 6.07 Å². The molecule has 4 N–H and O–H groups in total. The zero-order valence-electron chi connectivity index (χ0n) is 16.8. The van der Waals surface area contributed by atoms with Crippen molar-refractivity contribution in [3.05, 3.63) is 89.2 Å². The maximum Gasteiger partial charge on any atom is 0.407 e. The van der Waals surface area contributed by atoms with E-state index < -0.39 is 18.3 Å². The molecule has 31 heavy (non-hydrogen) atoms. The van der Waals surface area contributed by atoms with Gasteiger partial charge < -0.3 is 25.4 Å². The highest BCUT2D eigenvalue weighted by atomic mass is 16.5. The van der Waals surface area contributed by atoms with Crippen molar-refractivity contribution in [3.8, 4) is 11.1 Å². The first-order chi connectivity index (χ1) is 15.1. The summed E-state index contributed by atoms with van der Waals surface area (Å²) in [6, 6.07) is 19.2. The summed E-state index contributed by atoms with van der Waals surface area (Å²) in [4.78, 5) is 16.2. The van der Waals surface area contributed by atoms with Crippen LogP contribution in [0.2, 0.25) is 0 Å². The van der Waals surface area contributed by atoms with Crippen LogP contribution in [-0.4, -0.2) is 45.7 Å². The van der Waals surface area contributed by atoms with E-state index in [1.807, 2.05) is 36.4 Å². The Morgan fingerprint density at radius 2 is 1.65 bits per heavy atom. The minimum Gasteiger partial charge on any atom is -0.449 e. The predicted molar refractivity (Wildman–Crippen MR) is 114 cm³/mol. The van der Waals surface area contributed by atoms with E-state index in [-0.39, 0.29) is 31.4 Å². The third-order valence-electron chi connectivity index (χ3n) is 5.50. The maximum atomic E-state index is 12.2. The average molecular weight is 420 g/mol. The van der Waals surface area contributed by atoms with Crippen molar-refractivity contribution in [2.75, 3.05) is 13.2 Å². The topological polar surface area (TPSA) is 112 Å². The number of fused-ring (bicyclic) bond motifs is 3. The van der Waals surface area contributed by atoms with E-state index in [2.05, 4.69) is 22.4 Å². The van der Waals surface area contributed by atoms with E-state index in [4.69, 9.17) is 9.84 Å². The third kappa shape index (κ3) is 4.44. The molecule has 7 heteroatoms. The number of nitrogens with one attached hydrogen (secondary N) is 1. The average Bonchev–Trinajstić information content (AvgIpc) is 3.14. The summed E-state index contributed by atoms with van der Waals surface area (Å²) >= 11 is 0. The lowest BCUT2D eigenvalue weighted by Gasteiger charge is -2.19. The molecular formula is C24H24N2O5. The van der Waals surface area contributed by atoms with Crippen LogP contribution in [0.4, 0.5) is 4.79 Å². The number of alkyl carbamates (subject to hydrolysis) is 1. The number of pyridine rings is 1. The number of ether oxygens (including phenoxy) is 1. The number of hydrogen-bond donors (Lipinski definition) is 4. The van der Waals surface area contributed by atoms with Gasteiger partial charge >= 0.3 is 6.09 Å². The number of rotatable bonds is 7. The lowest BCUT2D eigenvalue weighted by Crippen LogP contribution is -2.36. The number of aliphatic hydroxyl groups excluding tert-OH is 3. The SMILES string of the molecule is O=C(NCC(O)C(O)c1ccc(CO)cn1)OCC1c2ccccc2-c2ccccc21. The van der Waals surface area contributed by atoms with Crippen LogP contribution in [0.5, 0.6) is 0 Å². The molecule has 0 saturated carbocycles. The van der Waals surface area contributed by atoms with Gasteiger partial charge in [-0.2, -0.15) is 0 Å². The van der Waals surface area contributed by atoms with Crippen molar-refractivity contribution in [1.82, 2.24) is 10.3 Å². The standard InChI is InChI=1S/C24H24N2O5/c27-13-15-9-10-21(25-11-15)23(29)22(28)12-26-24(30)31-14-20-18-7-3-1-5-16(18)17-6-2-4-8-19(17)20/h1-11,20,22-23,27-29H,12-14H2,(H,26,30). The highest BCUT2D eigenvalue weighted by molar-refractivity contribution is 5.79. The summed E-state index contributed by atoms with van der Waals surface area (Å²) in [6.45, 7) is -0.181. The molecule has 1 aromatic heterocycles. The Morgan fingerprint density at radius 1 is 1.00 bits per heavy atom. The van der Waals surface area contributed by atoms with Crippen molar-refractivity contribution in [1.29, 1.82) is 0 Å². The van der Waals surface area contributed by atoms with Crippen molar-refractivity contribution < 1.29 is 24.9 Å². The van der Waals surface area contributed by atoms with Crippen molar-refractivity contribution in [2.45, 2.75) is 24.7 Å². The normalized spacial score (nSPS) is 14.4. The smallest absolute Gasteiger partial charge is 0.407 e. The molecule has 2 unspecified atom stereocenters. The number of amides is 1. The van der Waals surface area contributed by atoms with Gasteiger partial charge in [0.15, 0.2) is 0 Å². The summed E-state index contributed by atoms with van der Waals surface area (Å²) in [5, 5.41) is 31.9. The van der Waals surface area contributed by atoms with Crippen LogP contribution in [0.1, 0.15) is 34.4 Å². The van der Waals surface area contributed by atoms with Crippen LogP contribution in [0.3, 0.4) is 0 Å². The van der Waals surface area contributed by atoms with E-state index >= 15 is 0 Å². The molecule has 1 aliphatic carbocycles. The first kappa shape index (κ1) is 21.0. The lowest BCUT2D eigenvalue weighted by atomic mass is 9.98. The molecule has 0 fully saturated rings. The fraction of sp³-hybridized carbons (Fsp3) is 0.250. The molecule has 2 atom stereocenters. The first-order valence-electron chi connectivity index (χ1n) is 10.1. The number of carbonyl (C=O) groups is 1. The molecule has 0 saturated heterocycles. The number of aliphatic hydroxyl groups is 3. The Morgan fingerprint density at radius 3 is 2.23 bits per heavy atom. The molecule has 3 aromatic rings. The van der Waals surface area contributed by atoms with Crippen LogP contribution < -0.4 is 5.32 Å². The van der Waals surface area contributed by atoms with Gasteiger partial charge in [-0.25, -0.2) is 4.79 Å². The van der Waals surface area contributed by atoms with Gasteiger partial charge in [0.05, 0.1) is 12.3 Å². The molecular weight excluding hydrogens is 396 g/mol. The summed E-state index contributed by atoms with van der Waals surface area (Å²) in [5.41, 5.74) is 5.37. The van der Waals surface area contributed by atoms with Gasteiger partial charge in [0.2, 0.25) is 0 Å². The van der Waals surface area contributed by atoms with Gasteiger partial charge in [0, 0.05) is 18.7 Å². The zero-order chi connectivity index (χ0) is 21.8. The van der Waals surface area contributed by atoms with Gasteiger partial charge in [-0.05, 0) is 33.9 Å². The Balaban J connectivity index is 1.32. The van der Waals surface area contributed by atoms with Crippen LogP contribution in [0, 0.1) is 0 Å². The second kappa shape index (κ2) is 9.26. The molecule has 4 rings (SSSR count). The number of nitrogens with zero attached hydrogens (tertiary/aromatic N) is 1. The molecule has 0 aliphatic heterocycles. The number of aromatic nitrogens is 1. The molecule has 1 heterocycles. The Bertz CT molecular complexity index is 1010. The highest BCUT2D eigenvalue weighted by Crippen LogP contribution is 2.44. The highest BCUT2D eigenvalue weighted by Gasteiger charge is 2.29. The molecule has 7 nitrogen and oxygen atoms in total. The monoisotopic (exact) mass is 420 g/mol. The van der Waals surface area contributed by atoms with E-state index in [1.165, 1.54) is 12.3 Å². The van der Waals surface area contributed by atoms with E-state index in [0.29, 0.717) is 5.56 Å². The second-order valence-electron chi connectivity index (χ2n) is 7.47. The Kier molecular flexibility index (Phi) is 6.27. The second-order valence-corrected chi connectivity index (χ2v) is 7.47. The van der Waals surface area contributed by atoms with Crippen LogP contribution in [-0.2, 0) is 11.3 Å². The van der Waals surface area contributed by atoms with Gasteiger partial charge in [0.25, 0.3) is 0 Å². The molecule has 0 bridgehead atoms. The minimum atomic E-state index is -1.28. The van der Waals surface area contributed by atoms with E-state index in [9.17, 15) is 15.0 Å². The van der Waals surface area contributed by atoms with Gasteiger partial charge in [-0.3, -0.25) is 4.98 Å². The van der Waals surface area contributed by atoms with Gasteiger partial charge in [-0.1, -0.05) is 54.6 Å². The largest absolute Gasteiger partial charge is 0.449 e. The summed E-state index contributed by atoms with van der Waals surface area (Å²) in [7, 11) is 0. The molecule has 160 valence electrons. The number of benzene rings is 2. The minimum absolute atomic E-state index is 0.0529. The lowest BCUT2D eigenvalue weighted by molar-refractivity contribution is 0.0160. The van der Waals surface area contributed by atoms with Crippen molar-refractivity contribution in [2.24, 2.45) is 0 Å². The summed E-state index contributed by atoms with van der Waals surface area (Å²) in [5.74, 6) is -0.0529. The molecule has 0 radical (unpaired) electrons. The predicted octanol–water partition coefficient (Wildman–Crippen LogP) is 2.51. The van der Waals surface area contributed by atoms with Crippen molar-refractivity contribution in [3.63, 3.8) is 0 Å². The van der Waals surface area contributed by atoms with Crippen LogP contribution >= 0.6 is 0 Å². The molecule has 2 aromatic carbocycles. The summed E-state index contributed by atoms with van der Waals surface area (Å²) in [6.07, 6.45) is -1.78. The van der Waals surface area contributed by atoms with E-state index in [0.717, 1.165) is 22.3 Å². The first-order valence-corrected chi connectivity index (χ1v) is 10.1. The zero-order valence-corrected chi connectivity index (χ0v) is 16.8. The Labute approximate surface area is 180 Å². The maximum absolute atomic E-state index is 12.2. The molecule has 0 spiro atoms. The fourth-order valence-corrected chi connectivity index (χ4v) is 3.85. The Hall–Kier alpha value is -3.26. The quantitative estimate of drug-likeness (QED) is 0.467. The van der Waals surface area contributed by atoms with Gasteiger partial charge in [-0.15, -0.1) is 0 Å². The number of hydrogen-bond acceptors (Lipinski definition) is 6. The van der Waals surface area contributed by atoms with Crippen molar-refractivity contribution >= 4 is 6.09 Å². The van der Waals surface area contributed by atoms with Gasteiger partial charge in [0.1, 0.15) is 18.8 Å². The van der Waals surface area contributed by atoms with Crippen LogP contribution in [0.15, 0.2) is 66.9 Å². The molecule has 1 aliphatic rings. The fourth-order valence-electron chi connectivity index (χ4n) is 3.85. The summed E-state index contributed by atoms with van der Waals surface area (Å²) < 4.78 is 5.42.